The van der Waals surface area contributed by atoms with Gasteiger partial charge < -0.3 is 66.0 Å². The highest BCUT2D eigenvalue weighted by molar-refractivity contribution is 5.93. The van der Waals surface area contributed by atoms with Crippen LogP contribution in [0, 0.1) is 29.6 Å². The largest absolute Gasteiger partial charge is 0.508 e. The first-order valence-electron chi connectivity index (χ1n) is 29.9. The molecule has 10 aliphatic rings. The number of carbonyl (C=O) groups excluding carboxylic acids is 1. The summed E-state index contributed by atoms with van der Waals surface area (Å²) >= 11 is 0. The summed E-state index contributed by atoms with van der Waals surface area (Å²) in [6.45, 7) is 5.05. The van der Waals surface area contributed by atoms with Gasteiger partial charge in [-0.3, -0.25) is 10.1 Å². The highest BCUT2D eigenvalue weighted by Crippen LogP contribution is 2.63. The van der Waals surface area contributed by atoms with Crippen molar-refractivity contribution in [2.75, 3.05) is 19.8 Å². The molecule has 2 fully saturated rings. The molecule has 5 aliphatic heterocycles. The van der Waals surface area contributed by atoms with Gasteiger partial charge in [0, 0.05) is 72.7 Å². The highest BCUT2D eigenvalue weighted by atomic mass is 16.6. The molecule has 0 saturated heterocycles. The van der Waals surface area contributed by atoms with Gasteiger partial charge in [-0.05, 0) is 176 Å². The van der Waals surface area contributed by atoms with Gasteiger partial charge in [-0.25, -0.2) is 4.79 Å². The van der Waals surface area contributed by atoms with Gasteiger partial charge in [0.25, 0.3) is 0 Å². The molecule has 0 spiro atoms. The zero-order valence-corrected chi connectivity index (χ0v) is 47.1. The Bertz CT molecular complexity index is 3720. The molecule has 5 aliphatic carbocycles. The van der Waals surface area contributed by atoms with Crippen LogP contribution in [0.2, 0.25) is 0 Å². The molecule has 0 amide bonds. The molecular formula is C67H74N4O12. The highest BCUT2D eigenvalue weighted by Gasteiger charge is 2.60. The standard InChI is InChI=1S/C67H74N4O12/c1-4-50(67(80)27-35-22-37(67)21-34-20-33(17-19-72)59(77)46-7-5-6-41(35)54(34)46)65(79)82-53-26-48-60(78)57-52(76)25-39(29-73)81-62(57)58-55-45-16-18-69-63(68)56(45)43(13-10-32-9-11-38(75)24-47(32)49(55)30-74)42-15-14-40-36(23-51(42)66(53,3)83-61(48)58)28-70-64-44(40)12-8-31(2)71-64/h4-9,11-12,16,21,24-25,28,31,33,35,37,42-43,49,51,53,55,59,64,69-75,77-78,80H,10,13-15,17-20,22-23,26-27,29-30,68H2,1-3H3. The molecule has 6 heterocycles. The minimum Gasteiger partial charge on any atom is -0.508 e. The van der Waals surface area contributed by atoms with Crippen molar-refractivity contribution in [2.24, 2.45) is 35.3 Å². The number of aliphatic hydroxyl groups is 5. The number of phenolic OH excluding ortho intramolecular Hbond substituents is 2. The van der Waals surface area contributed by atoms with E-state index in [4.69, 9.17) is 19.6 Å². The van der Waals surface area contributed by atoms with E-state index in [0.717, 1.165) is 56.2 Å². The fraction of sp³-hybridized carbons (Fsp3) is 0.463. The van der Waals surface area contributed by atoms with Crippen LogP contribution < -0.4 is 31.8 Å². The first-order valence-corrected chi connectivity index (χ1v) is 29.9. The smallest absolute Gasteiger partial charge is 0.337 e. The summed E-state index contributed by atoms with van der Waals surface area (Å²) in [7, 11) is 0. The maximum atomic E-state index is 15.9. The van der Waals surface area contributed by atoms with Crippen molar-refractivity contribution >= 4 is 22.5 Å². The van der Waals surface area contributed by atoms with Gasteiger partial charge in [0.05, 0.1) is 18.3 Å². The molecule has 3 aromatic carbocycles. The number of aryl methyl sites for hydroxylation is 1. The molecule has 16 nitrogen and oxygen atoms in total. The Kier molecular flexibility index (Phi) is 13.1. The topological polar surface area (TPSA) is 269 Å². The van der Waals surface area contributed by atoms with E-state index in [1.165, 1.54) is 5.57 Å². The number of rotatable bonds is 7. The van der Waals surface area contributed by atoms with Crippen LogP contribution in [0.15, 0.2) is 128 Å². The van der Waals surface area contributed by atoms with Crippen molar-refractivity contribution in [2.45, 2.75) is 145 Å². The van der Waals surface area contributed by atoms with E-state index in [-0.39, 0.29) is 94.7 Å². The van der Waals surface area contributed by atoms with E-state index in [0.29, 0.717) is 74.9 Å². The van der Waals surface area contributed by atoms with Crippen molar-refractivity contribution in [1.29, 1.82) is 0 Å². The quantitative estimate of drug-likeness (QED) is 0.0644. The second-order valence-corrected chi connectivity index (χ2v) is 25.4. The minimum atomic E-state index is -1.68. The maximum Gasteiger partial charge on any atom is 0.337 e. The van der Waals surface area contributed by atoms with Crippen LogP contribution >= 0.6 is 0 Å². The lowest BCUT2D eigenvalue weighted by molar-refractivity contribution is -0.171. The fourth-order valence-corrected chi connectivity index (χ4v) is 17.5. The first-order chi connectivity index (χ1) is 40.1. The first kappa shape index (κ1) is 54.0. The summed E-state index contributed by atoms with van der Waals surface area (Å²) in [4.78, 5) is 30.6. The number of hydrogen-bond acceptors (Lipinski definition) is 16. The summed E-state index contributed by atoms with van der Waals surface area (Å²) in [6.07, 6.45) is 14.8. The summed E-state index contributed by atoms with van der Waals surface area (Å²) < 4.78 is 21.6. The Morgan fingerprint density at radius 3 is 2.64 bits per heavy atom. The zero-order valence-electron chi connectivity index (χ0n) is 47.1. The van der Waals surface area contributed by atoms with Crippen LogP contribution in [0.25, 0.3) is 16.5 Å². The van der Waals surface area contributed by atoms with Gasteiger partial charge >= 0.3 is 5.97 Å². The molecule has 14 atom stereocenters. The molecule has 2 saturated carbocycles. The molecule has 16 heteroatoms. The molecule has 6 bridgehead atoms. The van der Waals surface area contributed by atoms with E-state index >= 15 is 4.79 Å². The predicted octanol–water partition coefficient (Wildman–Crippen LogP) is 7.22. The van der Waals surface area contributed by atoms with Crippen molar-refractivity contribution in [3.63, 3.8) is 0 Å². The van der Waals surface area contributed by atoms with Crippen LogP contribution in [0.3, 0.4) is 0 Å². The number of ether oxygens (including phenoxy) is 2. The van der Waals surface area contributed by atoms with Gasteiger partial charge in [-0.15, -0.1) is 0 Å². The fourth-order valence-electron chi connectivity index (χ4n) is 17.5. The molecule has 83 heavy (non-hydrogen) atoms. The molecule has 1 aromatic heterocycles. The molecule has 4 aromatic rings. The summed E-state index contributed by atoms with van der Waals surface area (Å²) in [6, 6.07) is 12.5. The second kappa shape index (κ2) is 20.1. The predicted molar refractivity (Wildman–Crippen MR) is 310 cm³/mol. The Morgan fingerprint density at radius 2 is 1.84 bits per heavy atom. The van der Waals surface area contributed by atoms with E-state index in [1.54, 1.807) is 25.1 Å². The molecule has 14 unspecified atom stereocenters. The van der Waals surface area contributed by atoms with E-state index in [2.05, 4.69) is 59.4 Å². The summed E-state index contributed by atoms with van der Waals surface area (Å²) in [5.41, 5.74) is 14.7. The number of hydrogen-bond donors (Lipinski definition) is 11. The van der Waals surface area contributed by atoms with Crippen LogP contribution in [0.4, 0.5) is 0 Å². The van der Waals surface area contributed by atoms with Crippen molar-refractivity contribution in [3.05, 3.63) is 173 Å². The Labute approximate surface area is 481 Å². The average molecular weight is 1130 g/mol. The number of aromatic hydroxyl groups is 2. The Morgan fingerprint density at radius 1 is 1.01 bits per heavy atom. The van der Waals surface area contributed by atoms with Crippen LogP contribution in [0.5, 0.6) is 17.2 Å². The number of nitrogens with one attached hydrogen (secondary N) is 3. The Hall–Kier alpha value is -6.92. The van der Waals surface area contributed by atoms with Gasteiger partial charge in [-0.2, -0.15) is 0 Å². The van der Waals surface area contributed by atoms with Crippen LogP contribution in [-0.4, -0.2) is 91.0 Å². The molecule has 14 rings (SSSR count). The number of benzene rings is 3. The lowest BCUT2D eigenvalue weighted by atomic mass is 9.61. The SMILES string of the molecule is CC=C(C(=O)OC1Cc2c3c(c4oc(CO)cc(=O)c4c2O)C2C4=CCNC(N)=C4C(CCc4ccc(O)cc4C2CO)C2CCC4=C5C=CC(C)NC5NC=C4CC2C1(C)O3)C1(O)CC2CC1C=C1CC(CCO)C(O)c3cccc2c31. The number of fused-ring (bicyclic) bond motifs is 13. The molecule has 434 valence electrons. The third kappa shape index (κ3) is 8.20. The number of aliphatic hydroxyl groups excluding tert-OH is 4. The third-order valence-corrected chi connectivity index (χ3v) is 21.3. The second-order valence-electron chi connectivity index (χ2n) is 25.4. The summed E-state index contributed by atoms with van der Waals surface area (Å²) in [5.74, 6) is -4.17. The third-order valence-electron chi connectivity index (χ3n) is 21.3. The van der Waals surface area contributed by atoms with Crippen LogP contribution in [0.1, 0.15) is 141 Å². The lowest BCUT2D eigenvalue weighted by Crippen LogP contribution is -2.59. The molecule has 0 radical (unpaired) electrons. The Balaban J connectivity index is 0.985. The number of dihydropyridines is 2. The van der Waals surface area contributed by atoms with Crippen LogP contribution in [-0.2, 0) is 29.0 Å². The monoisotopic (exact) mass is 1130 g/mol. The van der Waals surface area contributed by atoms with Gasteiger partial charge in [0.1, 0.15) is 69.9 Å². The normalized spacial score (nSPS) is 33.7. The number of carbonyl (C=O) groups is 1. The number of esters is 1. The maximum absolute atomic E-state index is 15.9. The summed E-state index contributed by atoms with van der Waals surface area (Å²) in [5, 5.41) is 92.7. The molecular weight excluding hydrogens is 1050 g/mol. The van der Waals surface area contributed by atoms with Crippen molar-refractivity contribution < 1.29 is 54.4 Å². The zero-order chi connectivity index (χ0) is 57.5. The van der Waals surface area contributed by atoms with E-state index in [9.17, 15) is 40.5 Å². The van der Waals surface area contributed by atoms with Crippen molar-refractivity contribution in [3.8, 4) is 17.2 Å². The van der Waals surface area contributed by atoms with E-state index in [1.807, 2.05) is 25.1 Å². The van der Waals surface area contributed by atoms with Gasteiger partial charge in [0.15, 0.2) is 5.43 Å². The van der Waals surface area contributed by atoms with Gasteiger partial charge in [-0.1, -0.05) is 54.6 Å². The number of phenols is 2. The number of nitrogens with two attached hydrogens (primary N) is 1. The average Bonchev–Trinajstić information content (AvgIpc) is 2.48. The van der Waals surface area contributed by atoms with Crippen molar-refractivity contribution in [1.82, 2.24) is 16.0 Å². The lowest BCUT2D eigenvalue weighted by Gasteiger charge is -2.52. The van der Waals surface area contributed by atoms with Gasteiger partial charge in [0.2, 0.25) is 0 Å². The van der Waals surface area contributed by atoms with E-state index < -0.39 is 77.4 Å². The number of allylic oxidation sites excluding steroid dienone is 6. The minimum absolute atomic E-state index is 0.00971. The molecule has 12 N–H and O–H groups in total.